The Kier molecular flexibility index (Phi) is 5.34. The lowest BCUT2D eigenvalue weighted by molar-refractivity contribution is 0.0948. The highest BCUT2D eigenvalue weighted by atomic mass is 32.1. The summed E-state index contributed by atoms with van der Waals surface area (Å²) in [5.74, 6) is 0.749. The Balaban J connectivity index is 1.56. The molecule has 29 heavy (non-hydrogen) atoms. The Labute approximate surface area is 170 Å². The minimum Gasteiger partial charge on any atom is -0.497 e. The lowest BCUT2D eigenvalue weighted by Gasteiger charge is -2.11. The standard InChI is InChI=1S/C19H21N5O4S/c1-27-13-5-6-15(28-2)12(9-13)10-20-16(25)14-11-21-18-24(17(14)26)22-19(29-18)23-7-3-4-8-23/h5-6,9,11H,3-4,7-8,10H2,1-2H3,(H,20,25). The van der Waals surface area contributed by atoms with Crippen molar-refractivity contribution in [3.8, 4) is 11.5 Å². The molecule has 0 atom stereocenters. The summed E-state index contributed by atoms with van der Waals surface area (Å²) in [5, 5.41) is 7.88. The fourth-order valence-corrected chi connectivity index (χ4v) is 4.17. The first-order valence-electron chi connectivity index (χ1n) is 9.23. The molecule has 0 saturated carbocycles. The normalized spacial score (nSPS) is 13.7. The summed E-state index contributed by atoms with van der Waals surface area (Å²) in [6, 6.07) is 5.31. The van der Waals surface area contributed by atoms with Crippen LogP contribution in [0, 0.1) is 0 Å². The van der Waals surface area contributed by atoms with E-state index in [4.69, 9.17) is 9.47 Å². The molecule has 0 aliphatic carbocycles. The van der Waals surface area contributed by atoms with Gasteiger partial charge >= 0.3 is 0 Å². The zero-order valence-corrected chi connectivity index (χ0v) is 17.0. The van der Waals surface area contributed by atoms with Gasteiger partial charge in [-0.2, -0.15) is 4.52 Å². The topological polar surface area (TPSA) is 98.1 Å². The number of fused-ring (bicyclic) bond motifs is 1. The summed E-state index contributed by atoms with van der Waals surface area (Å²) >= 11 is 1.35. The largest absolute Gasteiger partial charge is 0.497 e. The van der Waals surface area contributed by atoms with E-state index >= 15 is 0 Å². The van der Waals surface area contributed by atoms with Gasteiger partial charge in [-0.05, 0) is 31.0 Å². The molecule has 1 N–H and O–H groups in total. The number of aromatic nitrogens is 3. The molecule has 4 rings (SSSR count). The van der Waals surface area contributed by atoms with Gasteiger partial charge in [0.1, 0.15) is 17.1 Å². The number of carbonyl (C=O) groups is 1. The third kappa shape index (κ3) is 3.75. The van der Waals surface area contributed by atoms with Gasteiger partial charge in [0.05, 0.1) is 14.2 Å². The lowest BCUT2D eigenvalue weighted by Crippen LogP contribution is -2.31. The zero-order chi connectivity index (χ0) is 20.4. The van der Waals surface area contributed by atoms with Crippen molar-refractivity contribution in [2.24, 2.45) is 0 Å². The van der Waals surface area contributed by atoms with Gasteiger partial charge in [0.25, 0.3) is 11.5 Å². The van der Waals surface area contributed by atoms with E-state index in [2.05, 4.69) is 20.3 Å². The molecule has 152 valence electrons. The average molecular weight is 415 g/mol. The minimum absolute atomic E-state index is 0.0531. The van der Waals surface area contributed by atoms with E-state index in [0.717, 1.165) is 36.6 Å². The number of hydrogen-bond acceptors (Lipinski definition) is 8. The van der Waals surface area contributed by atoms with Crippen molar-refractivity contribution in [1.29, 1.82) is 0 Å². The van der Waals surface area contributed by atoms with Crippen LogP contribution in [0.25, 0.3) is 4.96 Å². The van der Waals surface area contributed by atoms with E-state index in [1.807, 2.05) is 0 Å². The van der Waals surface area contributed by atoms with E-state index < -0.39 is 11.5 Å². The molecule has 1 aliphatic heterocycles. The fraction of sp³-hybridized carbons (Fsp3) is 0.368. The second-order valence-electron chi connectivity index (χ2n) is 6.61. The molecule has 1 fully saturated rings. The molecular formula is C19H21N5O4S. The molecule has 1 aromatic carbocycles. The van der Waals surface area contributed by atoms with Crippen molar-refractivity contribution in [1.82, 2.24) is 19.9 Å². The predicted molar refractivity (Wildman–Crippen MR) is 109 cm³/mol. The van der Waals surface area contributed by atoms with Crippen LogP contribution in [0.3, 0.4) is 0 Å². The summed E-state index contributed by atoms with van der Waals surface area (Å²) in [5.41, 5.74) is 0.203. The Morgan fingerprint density at radius 1 is 1.24 bits per heavy atom. The van der Waals surface area contributed by atoms with Gasteiger partial charge in [0, 0.05) is 31.4 Å². The summed E-state index contributed by atoms with van der Waals surface area (Å²) < 4.78 is 11.7. The van der Waals surface area contributed by atoms with Crippen molar-refractivity contribution in [2.75, 3.05) is 32.2 Å². The lowest BCUT2D eigenvalue weighted by atomic mass is 10.2. The van der Waals surface area contributed by atoms with Gasteiger partial charge in [0.15, 0.2) is 0 Å². The Hall–Kier alpha value is -3.14. The van der Waals surface area contributed by atoms with Crippen LogP contribution in [0.5, 0.6) is 11.5 Å². The first-order valence-corrected chi connectivity index (χ1v) is 10.1. The highest BCUT2D eigenvalue weighted by Crippen LogP contribution is 2.25. The molecule has 1 saturated heterocycles. The molecule has 10 heteroatoms. The first-order chi connectivity index (χ1) is 14.1. The molecule has 9 nitrogen and oxygen atoms in total. The van der Waals surface area contributed by atoms with E-state index in [1.54, 1.807) is 32.4 Å². The van der Waals surface area contributed by atoms with Crippen LogP contribution >= 0.6 is 11.3 Å². The van der Waals surface area contributed by atoms with Crippen molar-refractivity contribution < 1.29 is 14.3 Å². The van der Waals surface area contributed by atoms with Gasteiger partial charge in [-0.25, -0.2) is 4.98 Å². The smallest absolute Gasteiger partial charge is 0.288 e. The second-order valence-corrected chi connectivity index (χ2v) is 7.55. The highest BCUT2D eigenvalue weighted by molar-refractivity contribution is 7.20. The number of rotatable bonds is 6. The third-order valence-corrected chi connectivity index (χ3v) is 5.81. The molecule has 0 radical (unpaired) electrons. The number of anilines is 1. The third-order valence-electron chi connectivity index (χ3n) is 4.82. The van der Waals surface area contributed by atoms with Crippen molar-refractivity contribution in [3.63, 3.8) is 0 Å². The maximum atomic E-state index is 12.8. The molecule has 0 spiro atoms. The summed E-state index contributed by atoms with van der Waals surface area (Å²) in [6.45, 7) is 2.02. The number of ether oxygens (including phenoxy) is 2. The fourth-order valence-electron chi connectivity index (χ4n) is 3.26. The van der Waals surface area contributed by atoms with Gasteiger partial charge in [0.2, 0.25) is 10.1 Å². The Morgan fingerprint density at radius 3 is 2.76 bits per heavy atom. The zero-order valence-electron chi connectivity index (χ0n) is 16.2. The van der Waals surface area contributed by atoms with Gasteiger partial charge in [-0.15, -0.1) is 5.10 Å². The molecule has 1 amide bonds. The van der Waals surface area contributed by atoms with Crippen molar-refractivity contribution in [3.05, 3.63) is 45.9 Å². The average Bonchev–Trinajstić information content (AvgIpc) is 3.42. The van der Waals surface area contributed by atoms with Gasteiger partial charge < -0.3 is 19.7 Å². The number of carbonyl (C=O) groups excluding carboxylic acids is 1. The maximum Gasteiger partial charge on any atom is 0.288 e. The summed E-state index contributed by atoms with van der Waals surface area (Å²) in [6.07, 6.45) is 3.53. The summed E-state index contributed by atoms with van der Waals surface area (Å²) in [7, 11) is 3.12. The molecule has 3 aromatic rings. The van der Waals surface area contributed by atoms with Crippen LogP contribution in [-0.4, -0.2) is 47.8 Å². The van der Waals surface area contributed by atoms with E-state index in [1.165, 1.54) is 22.0 Å². The first kappa shape index (κ1) is 19.2. The van der Waals surface area contributed by atoms with Gasteiger partial charge in [-0.3, -0.25) is 9.59 Å². The van der Waals surface area contributed by atoms with Crippen LogP contribution in [0.4, 0.5) is 5.13 Å². The number of benzene rings is 1. The van der Waals surface area contributed by atoms with E-state index in [0.29, 0.717) is 16.5 Å². The molecule has 1 aliphatic rings. The minimum atomic E-state index is -0.516. The second kappa shape index (κ2) is 8.08. The molecule has 0 unspecified atom stereocenters. The van der Waals surface area contributed by atoms with E-state index in [-0.39, 0.29) is 12.1 Å². The van der Waals surface area contributed by atoms with Crippen LogP contribution in [0.15, 0.2) is 29.2 Å². The molecular weight excluding hydrogens is 394 g/mol. The number of amides is 1. The van der Waals surface area contributed by atoms with Crippen LogP contribution in [-0.2, 0) is 6.54 Å². The van der Waals surface area contributed by atoms with Crippen LogP contribution in [0.2, 0.25) is 0 Å². The number of nitrogens with zero attached hydrogens (tertiary/aromatic N) is 4. The van der Waals surface area contributed by atoms with Crippen LogP contribution in [0.1, 0.15) is 28.8 Å². The highest BCUT2D eigenvalue weighted by Gasteiger charge is 2.20. The number of nitrogens with one attached hydrogen (secondary N) is 1. The van der Waals surface area contributed by atoms with E-state index in [9.17, 15) is 9.59 Å². The number of methoxy groups -OCH3 is 2. The molecule has 3 heterocycles. The quantitative estimate of drug-likeness (QED) is 0.654. The predicted octanol–water partition coefficient (Wildman–Crippen LogP) is 1.70. The van der Waals surface area contributed by atoms with Crippen molar-refractivity contribution >= 4 is 27.3 Å². The molecule has 0 bridgehead atoms. The van der Waals surface area contributed by atoms with Gasteiger partial charge in [-0.1, -0.05) is 11.3 Å². The van der Waals surface area contributed by atoms with Crippen LogP contribution < -0.4 is 25.2 Å². The monoisotopic (exact) mass is 415 g/mol. The Morgan fingerprint density at radius 2 is 2.03 bits per heavy atom. The Bertz CT molecular complexity index is 1100. The molecule has 2 aromatic heterocycles. The number of hydrogen-bond donors (Lipinski definition) is 1. The summed E-state index contributed by atoms with van der Waals surface area (Å²) in [4.78, 5) is 32.3. The van der Waals surface area contributed by atoms with Crippen molar-refractivity contribution in [2.45, 2.75) is 19.4 Å². The maximum absolute atomic E-state index is 12.8. The SMILES string of the molecule is COc1ccc(OC)c(CNC(=O)c2cnc3sc(N4CCCC4)nn3c2=O)c1.